The number of amides is 2. The average molecular weight is 939 g/mol. The summed E-state index contributed by atoms with van der Waals surface area (Å²) in [5, 5.41) is 23.5. The summed E-state index contributed by atoms with van der Waals surface area (Å²) >= 11 is 0. The molecule has 67 heavy (non-hydrogen) atoms. The first-order valence-electron chi connectivity index (χ1n) is 24.1. The number of ether oxygens (including phenoxy) is 1. The molecule has 4 fully saturated rings. The third kappa shape index (κ3) is 11.9. The van der Waals surface area contributed by atoms with Crippen LogP contribution in [0.1, 0.15) is 82.8 Å². The second-order valence-electron chi connectivity index (χ2n) is 21.9. The third-order valence-electron chi connectivity index (χ3n) is 15.7. The van der Waals surface area contributed by atoms with Gasteiger partial charge >= 0.3 is 0 Å². The van der Waals surface area contributed by atoms with Gasteiger partial charge in [0.15, 0.2) is 8.32 Å². The number of hydroxylamine groups is 2. The predicted octanol–water partition coefficient (Wildman–Crippen LogP) is 8.70. The Labute approximate surface area is 400 Å². The van der Waals surface area contributed by atoms with Crippen molar-refractivity contribution in [2.75, 3.05) is 59.4 Å². The molecule has 1 heterocycles. The zero-order valence-electron chi connectivity index (χ0n) is 42.4. The summed E-state index contributed by atoms with van der Waals surface area (Å²) in [5.74, 6) is 0.855. The van der Waals surface area contributed by atoms with Crippen LogP contribution in [0.4, 0.5) is 5.69 Å². The fourth-order valence-corrected chi connectivity index (χ4v) is 11.7. The molecule has 3 aromatic carbocycles. The number of nitrogens with one attached hydrogen (secondary N) is 2. The summed E-state index contributed by atoms with van der Waals surface area (Å²) in [6, 6.07) is 21.0. The van der Waals surface area contributed by atoms with Crippen molar-refractivity contribution >= 4 is 25.8 Å². The molecule has 14 nitrogen and oxygen atoms in total. The molecule has 9 atom stereocenters. The number of hydrogen-bond acceptors (Lipinski definition) is 10. The van der Waals surface area contributed by atoms with Gasteiger partial charge in [-0.05, 0) is 116 Å². The maximum Gasteiger partial charge on any atom is 0.251 e. The van der Waals surface area contributed by atoms with E-state index >= 15 is 0 Å². The number of nitrogens with zero attached hydrogens (tertiary/aromatic N) is 6. The van der Waals surface area contributed by atoms with Crippen LogP contribution in [-0.2, 0) is 27.0 Å². The zero-order valence-corrected chi connectivity index (χ0v) is 43.4. The number of fused-ring (bicyclic) bond motifs is 2. The lowest BCUT2D eigenvalue weighted by Crippen LogP contribution is -2.62. The Morgan fingerprint density at radius 3 is 2.40 bits per heavy atom. The number of azide groups is 1. The smallest absolute Gasteiger partial charge is 0.251 e. The summed E-state index contributed by atoms with van der Waals surface area (Å²) in [6.45, 7) is 21.7. The molecule has 3 aliphatic carbocycles. The number of aliphatic hydroxyl groups excluding tert-OH is 1. The Bertz CT molecular complexity index is 2230. The lowest BCUT2D eigenvalue weighted by molar-refractivity contribution is -0.175. The Morgan fingerprint density at radius 1 is 1.07 bits per heavy atom. The van der Waals surface area contributed by atoms with Crippen molar-refractivity contribution in [3.63, 3.8) is 0 Å². The Hall–Kier alpha value is -4.47. The second kappa shape index (κ2) is 21.4. The first kappa shape index (κ1) is 51.9. The van der Waals surface area contributed by atoms with Gasteiger partial charge < -0.3 is 34.7 Å². The van der Waals surface area contributed by atoms with Crippen LogP contribution >= 0.6 is 0 Å². The van der Waals surface area contributed by atoms with Gasteiger partial charge in [0.25, 0.3) is 5.91 Å². The maximum absolute atomic E-state index is 14.6. The number of likely N-dealkylation sites (N-methyl/N-ethyl adjacent to an activating group) is 2. The lowest BCUT2D eigenvalue weighted by Gasteiger charge is -2.62. The number of anilines is 1. The highest BCUT2D eigenvalue weighted by molar-refractivity contribution is 6.74. The molecule has 15 heteroatoms. The van der Waals surface area contributed by atoms with E-state index in [2.05, 4.69) is 103 Å². The van der Waals surface area contributed by atoms with E-state index in [1.54, 1.807) is 19.1 Å². The van der Waals surface area contributed by atoms with Crippen molar-refractivity contribution in [2.45, 2.75) is 123 Å². The van der Waals surface area contributed by atoms with E-state index in [0.29, 0.717) is 55.2 Å². The molecule has 1 saturated heterocycles. The monoisotopic (exact) mass is 939 g/mol. The largest absolute Gasteiger partial charge is 0.496 e. The molecular weight excluding hydrogens is 861 g/mol. The van der Waals surface area contributed by atoms with Crippen LogP contribution in [0.15, 0.2) is 71.8 Å². The molecule has 7 rings (SSSR count). The van der Waals surface area contributed by atoms with Gasteiger partial charge in [0.1, 0.15) is 11.8 Å². The number of rotatable bonds is 20. The number of para-hydroxylation sites is 1. The first-order valence-corrected chi connectivity index (χ1v) is 27.1. The van der Waals surface area contributed by atoms with Gasteiger partial charge in [-0.3, -0.25) is 14.4 Å². The van der Waals surface area contributed by atoms with Crippen LogP contribution in [0.3, 0.4) is 0 Å². The van der Waals surface area contributed by atoms with Crippen LogP contribution in [-0.4, -0.2) is 120 Å². The van der Waals surface area contributed by atoms with Crippen LogP contribution in [0.25, 0.3) is 21.6 Å². The molecular formula is C52H78N8O6Si. The fourth-order valence-electron chi connectivity index (χ4n) is 10.6. The molecule has 2 bridgehead atoms. The molecule has 4 aliphatic rings. The highest BCUT2D eigenvalue weighted by Gasteiger charge is 2.57. The molecule has 2 amide bonds. The van der Waals surface area contributed by atoms with Crippen molar-refractivity contribution in [3.05, 3.63) is 93.9 Å². The van der Waals surface area contributed by atoms with Crippen molar-refractivity contribution in [1.29, 1.82) is 0 Å². The van der Waals surface area contributed by atoms with Crippen LogP contribution in [0, 0.1) is 29.1 Å². The van der Waals surface area contributed by atoms with E-state index in [1.807, 2.05) is 69.7 Å². The minimum absolute atomic E-state index is 0.00161. The van der Waals surface area contributed by atoms with Gasteiger partial charge in [-0.25, -0.2) is 0 Å². The van der Waals surface area contributed by atoms with E-state index in [4.69, 9.17) is 14.0 Å². The van der Waals surface area contributed by atoms with Gasteiger partial charge in [0.2, 0.25) is 5.91 Å². The second-order valence-corrected chi connectivity index (χ2v) is 26.7. The third-order valence-corrected chi connectivity index (χ3v) is 20.2. The minimum Gasteiger partial charge on any atom is -0.496 e. The van der Waals surface area contributed by atoms with Crippen LogP contribution in [0.5, 0.6) is 5.75 Å². The van der Waals surface area contributed by atoms with E-state index in [-0.39, 0.29) is 47.4 Å². The molecule has 0 aromatic heterocycles. The Kier molecular flexibility index (Phi) is 16.6. The van der Waals surface area contributed by atoms with Gasteiger partial charge in [0, 0.05) is 65.4 Å². The lowest BCUT2D eigenvalue weighted by atomic mass is 9.45. The normalized spacial score (nSPS) is 24.6. The topological polar surface area (TPSA) is 165 Å². The number of carbonyl (C=O) groups is 2. The van der Waals surface area contributed by atoms with Crippen molar-refractivity contribution in [2.24, 2.45) is 34.2 Å². The molecule has 3 N–H and O–H groups in total. The van der Waals surface area contributed by atoms with Crippen LogP contribution < -0.4 is 20.3 Å². The number of carbonyl (C=O) groups excluding carboxylic acids is 2. The van der Waals surface area contributed by atoms with E-state index in [9.17, 15) is 20.2 Å². The van der Waals surface area contributed by atoms with E-state index in [1.165, 1.54) is 6.42 Å². The van der Waals surface area contributed by atoms with Gasteiger partial charge in [-0.2, -0.15) is 5.06 Å². The standard InChI is InChI=1S/C52H78N8O6Si/c1-33-43-28-39(52(43,6)7)29-44(33)56-50(63)47-46(34(2)61)45(30-54-57-53)66-60(47)31-36-20-17-21-42(48(36)64-11)37-25-38(27-41(26-37)59(10)22-23-65-67(12,13)51(3,4)5)49(62)55-40(32-58(8)9)24-35-18-15-14-16-19-35/h14-21,25-27,33-34,39-40,43-47,61H,22-24,28-32H2,1-13H3,(H,55,62)(H,56,63)/t33-,34-,39+,40-,43-,44-,45-,46+,47-/m0/s1. The highest BCUT2D eigenvalue weighted by Crippen LogP contribution is 2.61. The SMILES string of the molecule is COc1c(CN2O[C@@H](CN=[N+]=[N-])[C@@H]([C@H](C)O)[C@H]2C(=O)N[C@H]2C[C@H]3C[C@@H]([C@@H]2C)C3(C)C)cccc1-c1cc(C(=O)N[C@@H](Cc2ccccc2)CN(C)C)cc(N(C)CCO[Si](C)(C)C(C)(C)C)c1. The van der Waals surface area contributed by atoms with E-state index < -0.39 is 32.5 Å². The van der Waals surface area contributed by atoms with Crippen molar-refractivity contribution in [1.82, 2.24) is 20.6 Å². The van der Waals surface area contributed by atoms with Gasteiger partial charge in [-0.1, -0.05) is 95.2 Å². The maximum atomic E-state index is 14.6. The number of aliphatic hydroxyl groups is 1. The summed E-state index contributed by atoms with van der Waals surface area (Å²) in [5.41, 5.74) is 14.3. The molecule has 366 valence electrons. The summed E-state index contributed by atoms with van der Waals surface area (Å²) in [7, 11) is 5.66. The summed E-state index contributed by atoms with van der Waals surface area (Å²) in [4.78, 5) is 42.8. The van der Waals surface area contributed by atoms with Crippen molar-refractivity contribution in [3.8, 4) is 16.9 Å². The number of benzene rings is 3. The van der Waals surface area contributed by atoms with Gasteiger partial charge in [0.05, 0.1) is 39.0 Å². The predicted molar refractivity (Wildman–Crippen MR) is 269 cm³/mol. The Morgan fingerprint density at radius 2 is 1.79 bits per heavy atom. The summed E-state index contributed by atoms with van der Waals surface area (Å²) in [6.07, 6.45) is 1.09. The molecule has 1 aliphatic heterocycles. The molecule has 0 radical (unpaired) electrons. The molecule has 0 unspecified atom stereocenters. The quantitative estimate of drug-likeness (QED) is 0.0435. The summed E-state index contributed by atoms with van der Waals surface area (Å²) < 4.78 is 12.8. The van der Waals surface area contributed by atoms with Gasteiger partial charge in [-0.15, -0.1) is 0 Å². The number of methoxy groups -OCH3 is 1. The first-order chi connectivity index (χ1) is 31.6. The minimum atomic E-state index is -2.00. The van der Waals surface area contributed by atoms with Crippen LogP contribution in [0.2, 0.25) is 18.1 Å². The Balaban J connectivity index is 1.34. The zero-order chi connectivity index (χ0) is 49.0. The van der Waals surface area contributed by atoms with Crippen molar-refractivity contribution < 1.29 is 28.7 Å². The molecule has 3 saturated carbocycles. The molecule has 0 spiro atoms. The van der Waals surface area contributed by atoms with E-state index in [0.717, 1.165) is 34.4 Å². The average Bonchev–Trinajstić information content (AvgIpc) is 3.63. The highest BCUT2D eigenvalue weighted by atomic mass is 28.4. The fraction of sp³-hybridized carbons (Fsp3) is 0.615. The number of hydrogen-bond donors (Lipinski definition) is 3. The molecule has 3 aromatic rings.